The molecule has 3 rings (SSSR count). The van der Waals surface area contributed by atoms with Gasteiger partial charge in [-0.1, -0.05) is 30.6 Å². The highest BCUT2D eigenvalue weighted by Gasteiger charge is 2.35. The van der Waals surface area contributed by atoms with Gasteiger partial charge in [0.05, 0.1) is 0 Å². The monoisotopic (exact) mass is 247 g/mol. The van der Waals surface area contributed by atoms with E-state index in [0.29, 0.717) is 6.54 Å². The van der Waals surface area contributed by atoms with Crippen molar-refractivity contribution >= 4 is 21.7 Å². The summed E-state index contributed by atoms with van der Waals surface area (Å²) in [7, 11) is 0. The number of rotatable bonds is 2. The standard InChI is InChI=1S/C13H17N3S/c14-9-13(6-2-1-3-7-13)12-16-10-5-4-8-15-11(10)17-12/h4-5,8H,1-3,6-7,9,14H2. The molecular formula is C13H17N3S. The van der Waals surface area contributed by atoms with Gasteiger partial charge in [0.2, 0.25) is 0 Å². The maximum atomic E-state index is 6.04. The third-order valence-electron chi connectivity index (χ3n) is 3.82. The van der Waals surface area contributed by atoms with Gasteiger partial charge < -0.3 is 5.73 Å². The number of aromatic nitrogens is 2. The number of nitrogens with zero attached hydrogens (tertiary/aromatic N) is 2. The molecule has 3 nitrogen and oxygen atoms in total. The number of fused-ring (bicyclic) bond motifs is 1. The van der Waals surface area contributed by atoms with Crippen molar-refractivity contribution < 1.29 is 0 Å². The van der Waals surface area contributed by atoms with Gasteiger partial charge in [0.25, 0.3) is 0 Å². The molecule has 0 atom stereocenters. The van der Waals surface area contributed by atoms with Crippen LogP contribution >= 0.6 is 11.3 Å². The zero-order chi connectivity index (χ0) is 11.7. The molecule has 0 aliphatic heterocycles. The highest BCUT2D eigenvalue weighted by atomic mass is 32.1. The molecule has 0 radical (unpaired) electrons. The first kappa shape index (κ1) is 11.1. The van der Waals surface area contributed by atoms with Crippen LogP contribution in [0.4, 0.5) is 0 Å². The Morgan fingerprint density at radius 3 is 2.82 bits per heavy atom. The topological polar surface area (TPSA) is 51.8 Å². The molecule has 0 amide bonds. The minimum absolute atomic E-state index is 0.129. The second-order valence-corrected chi connectivity index (χ2v) is 5.87. The summed E-state index contributed by atoms with van der Waals surface area (Å²) in [6, 6.07) is 3.98. The number of hydrogen-bond acceptors (Lipinski definition) is 4. The highest BCUT2D eigenvalue weighted by Crippen LogP contribution is 2.41. The highest BCUT2D eigenvalue weighted by molar-refractivity contribution is 7.18. The van der Waals surface area contributed by atoms with Gasteiger partial charge in [-0.2, -0.15) is 0 Å². The van der Waals surface area contributed by atoms with E-state index in [1.165, 1.54) is 37.1 Å². The van der Waals surface area contributed by atoms with Crippen LogP contribution in [-0.2, 0) is 5.41 Å². The summed E-state index contributed by atoms with van der Waals surface area (Å²) < 4.78 is 0. The molecule has 17 heavy (non-hydrogen) atoms. The molecule has 0 spiro atoms. The van der Waals surface area contributed by atoms with E-state index in [-0.39, 0.29) is 5.41 Å². The lowest BCUT2D eigenvalue weighted by Crippen LogP contribution is -2.36. The van der Waals surface area contributed by atoms with Gasteiger partial charge in [-0.15, -0.1) is 0 Å². The van der Waals surface area contributed by atoms with Gasteiger partial charge in [-0.25, -0.2) is 9.97 Å². The molecule has 2 aromatic rings. The Labute approximate surface area is 105 Å². The van der Waals surface area contributed by atoms with Gasteiger partial charge in [-0.05, 0) is 25.0 Å². The molecule has 0 aromatic carbocycles. The Balaban J connectivity index is 2.05. The number of thiazole rings is 1. The molecule has 0 saturated heterocycles. The van der Waals surface area contributed by atoms with Crippen LogP contribution in [0.3, 0.4) is 0 Å². The smallest absolute Gasteiger partial charge is 0.143 e. The predicted molar refractivity (Wildman–Crippen MR) is 71.2 cm³/mol. The second-order valence-electron chi connectivity index (χ2n) is 4.89. The maximum Gasteiger partial charge on any atom is 0.143 e. The van der Waals surface area contributed by atoms with Gasteiger partial charge in [0.1, 0.15) is 15.4 Å². The first-order valence-electron chi connectivity index (χ1n) is 6.26. The molecule has 1 saturated carbocycles. The van der Waals surface area contributed by atoms with E-state index < -0.39 is 0 Å². The largest absolute Gasteiger partial charge is 0.329 e. The average molecular weight is 247 g/mol. The molecule has 90 valence electrons. The van der Waals surface area contributed by atoms with Crippen molar-refractivity contribution in [1.82, 2.24) is 9.97 Å². The van der Waals surface area contributed by atoms with Crippen molar-refractivity contribution in [2.24, 2.45) is 5.73 Å². The Morgan fingerprint density at radius 1 is 1.29 bits per heavy atom. The summed E-state index contributed by atoms with van der Waals surface area (Å²) in [4.78, 5) is 10.2. The summed E-state index contributed by atoms with van der Waals surface area (Å²) in [6.45, 7) is 0.715. The molecule has 2 heterocycles. The third-order valence-corrected chi connectivity index (χ3v) is 5.05. The van der Waals surface area contributed by atoms with Crippen LogP contribution < -0.4 is 5.73 Å². The van der Waals surface area contributed by atoms with E-state index in [0.717, 1.165) is 10.3 Å². The molecule has 2 N–H and O–H groups in total. The maximum absolute atomic E-state index is 6.04. The number of pyridine rings is 1. The van der Waals surface area contributed by atoms with Crippen LogP contribution in [0, 0.1) is 0 Å². The van der Waals surface area contributed by atoms with Crippen LogP contribution in [0.2, 0.25) is 0 Å². The molecular weight excluding hydrogens is 230 g/mol. The van der Waals surface area contributed by atoms with E-state index >= 15 is 0 Å². The summed E-state index contributed by atoms with van der Waals surface area (Å²) in [5.41, 5.74) is 7.19. The average Bonchev–Trinajstić information content (AvgIpc) is 2.84. The summed E-state index contributed by atoms with van der Waals surface area (Å²) in [6.07, 6.45) is 8.10. The van der Waals surface area contributed by atoms with Gasteiger partial charge >= 0.3 is 0 Å². The number of nitrogens with two attached hydrogens (primary N) is 1. The minimum Gasteiger partial charge on any atom is -0.329 e. The van der Waals surface area contributed by atoms with Crippen LogP contribution in [0.5, 0.6) is 0 Å². The van der Waals surface area contributed by atoms with E-state index in [4.69, 9.17) is 10.7 Å². The molecule has 0 bridgehead atoms. The lowest BCUT2D eigenvalue weighted by atomic mass is 9.74. The zero-order valence-electron chi connectivity index (χ0n) is 9.85. The van der Waals surface area contributed by atoms with Crippen LogP contribution in [-0.4, -0.2) is 16.5 Å². The van der Waals surface area contributed by atoms with E-state index in [2.05, 4.69) is 4.98 Å². The van der Waals surface area contributed by atoms with Crippen molar-refractivity contribution in [3.8, 4) is 0 Å². The van der Waals surface area contributed by atoms with Crippen molar-refractivity contribution in [1.29, 1.82) is 0 Å². The third kappa shape index (κ3) is 1.85. The van der Waals surface area contributed by atoms with Crippen LogP contribution in [0.25, 0.3) is 10.3 Å². The van der Waals surface area contributed by atoms with Crippen LogP contribution in [0.15, 0.2) is 18.3 Å². The lowest BCUT2D eigenvalue weighted by molar-refractivity contribution is 0.300. The van der Waals surface area contributed by atoms with Crippen molar-refractivity contribution in [3.05, 3.63) is 23.3 Å². The summed E-state index contributed by atoms with van der Waals surface area (Å²) >= 11 is 1.72. The fraction of sp³-hybridized carbons (Fsp3) is 0.538. The molecule has 1 aliphatic rings. The molecule has 1 aliphatic carbocycles. The van der Waals surface area contributed by atoms with Crippen LogP contribution in [0.1, 0.15) is 37.1 Å². The van der Waals surface area contributed by atoms with Gasteiger partial charge in [-0.3, -0.25) is 0 Å². The van der Waals surface area contributed by atoms with Gasteiger partial charge in [0.15, 0.2) is 0 Å². The fourth-order valence-electron chi connectivity index (χ4n) is 2.73. The summed E-state index contributed by atoms with van der Waals surface area (Å²) in [5, 5.41) is 1.20. The van der Waals surface area contributed by atoms with E-state index in [1.807, 2.05) is 18.3 Å². The predicted octanol–water partition coefficient (Wildman–Crippen LogP) is 2.85. The van der Waals surface area contributed by atoms with Crippen molar-refractivity contribution in [3.63, 3.8) is 0 Å². The molecule has 0 unspecified atom stereocenters. The minimum atomic E-state index is 0.129. The number of hydrogen-bond donors (Lipinski definition) is 1. The Bertz CT molecular complexity index is 481. The lowest BCUT2D eigenvalue weighted by Gasteiger charge is -2.34. The molecule has 1 fully saturated rings. The Hall–Kier alpha value is -1.00. The van der Waals surface area contributed by atoms with Gasteiger partial charge in [0, 0.05) is 18.2 Å². The quantitative estimate of drug-likeness (QED) is 0.887. The molecule has 4 heteroatoms. The normalized spacial score (nSPS) is 19.6. The first-order chi connectivity index (χ1) is 8.34. The van der Waals surface area contributed by atoms with E-state index in [1.54, 1.807) is 11.3 Å². The zero-order valence-corrected chi connectivity index (χ0v) is 10.7. The Kier molecular flexibility index (Phi) is 2.84. The summed E-state index contributed by atoms with van der Waals surface area (Å²) in [5.74, 6) is 0. The second kappa shape index (κ2) is 4.35. The van der Waals surface area contributed by atoms with E-state index in [9.17, 15) is 0 Å². The SMILES string of the molecule is NCC1(c2nc3cccnc3s2)CCCCC1. The first-order valence-corrected chi connectivity index (χ1v) is 7.08. The van der Waals surface area contributed by atoms with Crippen molar-refractivity contribution in [2.75, 3.05) is 6.54 Å². The fourth-order valence-corrected chi connectivity index (χ4v) is 3.89. The van der Waals surface area contributed by atoms with Crippen molar-refractivity contribution in [2.45, 2.75) is 37.5 Å². The Morgan fingerprint density at radius 2 is 2.12 bits per heavy atom. The molecule has 2 aromatic heterocycles.